The molecule has 4 aromatic carbocycles. The number of carbonyl (C=O) groups is 2. The number of hydrogen-bond donors (Lipinski definition) is 3. The predicted molar refractivity (Wildman–Crippen MR) is 154 cm³/mol. The molecule has 2 unspecified atom stereocenters. The number of phenolic OH excluding ortho intramolecular Hbond substituents is 3. The monoisotopic (exact) mass is 584 g/mol. The van der Waals surface area contributed by atoms with Crippen LogP contribution in [0.4, 0.5) is 0 Å². The van der Waals surface area contributed by atoms with Crippen molar-refractivity contribution >= 4 is 11.6 Å². The van der Waals surface area contributed by atoms with E-state index in [2.05, 4.69) is 0 Å². The van der Waals surface area contributed by atoms with E-state index in [0.29, 0.717) is 33.8 Å². The van der Waals surface area contributed by atoms with Gasteiger partial charge in [-0.25, -0.2) is 0 Å². The van der Waals surface area contributed by atoms with E-state index in [1.165, 1.54) is 39.5 Å². The first-order chi connectivity index (χ1) is 20.7. The van der Waals surface area contributed by atoms with Crippen molar-refractivity contribution in [3.63, 3.8) is 0 Å². The molecular weight excluding hydrogens is 556 g/mol. The minimum Gasteiger partial charge on any atom is -0.507 e. The van der Waals surface area contributed by atoms with Crippen molar-refractivity contribution in [2.24, 2.45) is 0 Å². The second kappa shape index (κ2) is 10.8. The minimum absolute atomic E-state index is 0.0234. The molecule has 0 saturated heterocycles. The summed E-state index contributed by atoms with van der Waals surface area (Å²) in [4.78, 5) is 26.4. The number of Topliss-reactive ketones (excluding diaryl/α,β-unsaturated/α-hetero) is 2. The number of methoxy groups -OCH3 is 3. The van der Waals surface area contributed by atoms with E-state index < -0.39 is 12.2 Å². The van der Waals surface area contributed by atoms with Crippen molar-refractivity contribution in [2.75, 3.05) is 21.3 Å². The molecule has 43 heavy (non-hydrogen) atoms. The van der Waals surface area contributed by atoms with Crippen LogP contribution in [0.15, 0.2) is 60.7 Å². The number of fused-ring (bicyclic) bond motifs is 2. The van der Waals surface area contributed by atoms with Crippen LogP contribution in [0.1, 0.15) is 56.9 Å². The zero-order chi connectivity index (χ0) is 30.4. The first kappa shape index (κ1) is 27.8. The highest BCUT2D eigenvalue weighted by Gasteiger charge is 2.35. The fourth-order valence-electron chi connectivity index (χ4n) is 5.58. The number of aromatic hydroxyl groups is 3. The standard InChI is InChI=1S/C33H28O10/c1-39-18-12-23(36)31-24(37)14-28(42-30(31)13-18)16-4-8-26(40-2)20(10-16)19-6-7-21(34)32-25(38)15-29(43-33(19)32)17-5-9-27(41-3)22(35)11-17/h4-13,28-29,34-36H,14-15H2,1-3H3. The highest BCUT2D eigenvalue weighted by atomic mass is 16.5. The van der Waals surface area contributed by atoms with E-state index in [-0.39, 0.29) is 70.0 Å². The molecule has 2 atom stereocenters. The number of hydrogen-bond acceptors (Lipinski definition) is 10. The lowest BCUT2D eigenvalue weighted by atomic mass is 9.89. The number of ketones is 2. The Hall–Kier alpha value is -5.38. The second-order valence-corrected chi connectivity index (χ2v) is 10.2. The summed E-state index contributed by atoms with van der Waals surface area (Å²) in [5.41, 5.74) is 2.35. The van der Waals surface area contributed by atoms with Gasteiger partial charge in [0, 0.05) is 23.3 Å². The van der Waals surface area contributed by atoms with Crippen molar-refractivity contribution in [1.82, 2.24) is 0 Å². The van der Waals surface area contributed by atoms with E-state index >= 15 is 0 Å². The lowest BCUT2D eigenvalue weighted by Crippen LogP contribution is -2.21. The van der Waals surface area contributed by atoms with Gasteiger partial charge >= 0.3 is 0 Å². The van der Waals surface area contributed by atoms with Crippen LogP contribution < -0.4 is 23.7 Å². The Morgan fingerprint density at radius 1 is 0.628 bits per heavy atom. The average Bonchev–Trinajstić information content (AvgIpc) is 3.00. The van der Waals surface area contributed by atoms with Crippen LogP contribution in [-0.2, 0) is 0 Å². The summed E-state index contributed by atoms with van der Waals surface area (Å²) in [5.74, 6) is 0.299. The number of carbonyl (C=O) groups excluding carboxylic acids is 2. The fraction of sp³-hybridized carbons (Fsp3) is 0.212. The van der Waals surface area contributed by atoms with Crippen LogP contribution in [0.3, 0.4) is 0 Å². The predicted octanol–water partition coefficient (Wildman–Crippen LogP) is 5.91. The van der Waals surface area contributed by atoms with Gasteiger partial charge < -0.3 is 39.0 Å². The maximum Gasteiger partial charge on any atom is 0.174 e. The van der Waals surface area contributed by atoms with Crippen LogP contribution in [-0.4, -0.2) is 48.2 Å². The van der Waals surface area contributed by atoms with Crippen LogP contribution in [0, 0.1) is 0 Å². The topological polar surface area (TPSA) is 141 Å². The molecule has 220 valence electrons. The van der Waals surface area contributed by atoms with E-state index in [9.17, 15) is 24.9 Å². The Morgan fingerprint density at radius 2 is 1.28 bits per heavy atom. The average molecular weight is 585 g/mol. The number of phenols is 3. The molecule has 0 fully saturated rings. The van der Waals surface area contributed by atoms with Gasteiger partial charge in [-0.3, -0.25) is 9.59 Å². The zero-order valence-corrected chi connectivity index (χ0v) is 23.5. The molecule has 0 saturated carbocycles. The highest BCUT2D eigenvalue weighted by Crippen LogP contribution is 2.49. The molecule has 2 aliphatic rings. The maximum atomic E-state index is 13.3. The number of rotatable bonds is 6. The maximum absolute atomic E-state index is 13.3. The summed E-state index contributed by atoms with van der Waals surface area (Å²) < 4.78 is 28.5. The van der Waals surface area contributed by atoms with Gasteiger partial charge in [0.1, 0.15) is 57.8 Å². The van der Waals surface area contributed by atoms with Gasteiger partial charge in [0.05, 0.1) is 34.2 Å². The van der Waals surface area contributed by atoms with Gasteiger partial charge in [-0.2, -0.15) is 0 Å². The minimum atomic E-state index is -0.745. The normalized spacial score (nSPS) is 17.3. The second-order valence-electron chi connectivity index (χ2n) is 10.2. The first-order valence-corrected chi connectivity index (χ1v) is 13.4. The third-order valence-corrected chi connectivity index (χ3v) is 7.72. The molecule has 4 aromatic rings. The third kappa shape index (κ3) is 4.80. The molecule has 2 aliphatic heterocycles. The van der Waals surface area contributed by atoms with Crippen molar-refractivity contribution in [3.8, 4) is 57.1 Å². The smallest absolute Gasteiger partial charge is 0.174 e. The van der Waals surface area contributed by atoms with Gasteiger partial charge in [-0.05, 0) is 47.5 Å². The molecule has 6 rings (SSSR count). The molecule has 0 aliphatic carbocycles. The summed E-state index contributed by atoms with van der Waals surface area (Å²) in [7, 11) is 4.40. The molecular formula is C33H28O10. The molecule has 0 bridgehead atoms. The van der Waals surface area contributed by atoms with Gasteiger partial charge in [0.25, 0.3) is 0 Å². The van der Waals surface area contributed by atoms with Crippen molar-refractivity contribution in [3.05, 3.63) is 82.9 Å². The molecule has 3 N–H and O–H groups in total. The van der Waals surface area contributed by atoms with Crippen LogP contribution in [0.2, 0.25) is 0 Å². The fourth-order valence-corrected chi connectivity index (χ4v) is 5.58. The number of benzene rings is 4. The van der Waals surface area contributed by atoms with Gasteiger partial charge in [-0.15, -0.1) is 0 Å². The summed E-state index contributed by atoms with van der Waals surface area (Å²) in [5, 5.41) is 31.4. The molecule has 0 amide bonds. The summed E-state index contributed by atoms with van der Waals surface area (Å²) >= 11 is 0. The summed E-state index contributed by atoms with van der Waals surface area (Å²) in [6.07, 6.45) is -1.52. The Labute approximate surface area is 246 Å². The van der Waals surface area contributed by atoms with Gasteiger partial charge in [0.15, 0.2) is 23.1 Å². The Kier molecular flexibility index (Phi) is 6.97. The quantitative estimate of drug-likeness (QED) is 0.250. The molecule has 0 radical (unpaired) electrons. The van der Waals surface area contributed by atoms with E-state index in [4.69, 9.17) is 23.7 Å². The molecule has 10 nitrogen and oxygen atoms in total. The Balaban J connectivity index is 1.42. The highest BCUT2D eigenvalue weighted by molar-refractivity contribution is 6.05. The SMILES string of the molecule is COc1cc(O)c2c(c1)OC(c1ccc(OC)c(-c3ccc(O)c4c3OC(c3ccc(OC)c(O)c3)CC4=O)c1)CC2=O. The summed E-state index contributed by atoms with van der Waals surface area (Å²) in [6, 6.07) is 16.0. The lowest BCUT2D eigenvalue weighted by molar-refractivity contribution is 0.0834. The molecule has 10 heteroatoms. The van der Waals surface area contributed by atoms with E-state index in [0.717, 1.165) is 0 Å². The van der Waals surface area contributed by atoms with E-state index in [1.54, 1.807) is 42.5 Å². The largest absolute Gasteiger partial charge is 0.507 e. The van der Waals surface area contributed by atoms with Crippen LogP contribution in [0.25, 0.3) is 11.1 Å². The zero-order valence-electron chi connectivity index (χ0n) is 23.5. The lowest BCUT2D eigenvalue weighted by Gasteiger charge is -2.29. The molecule has 0 aromatic heterocycles. The van der Waals surface area contributed by atoms with E-state index in [1.807, 2.05) is 0 Å². The Bertz CT molecular complexity index is 1780. The molecule has 2 heterocycles. The van der Waals surface area contributed by atoms with Crippen LogP contribution >= 0.6 is 0 Å². The van der Waals surface area contributed by atoms with Gasteiger partial charge in [-0.1, -0.05) is 12.1 Å². The first-order valence-electron chi connectivity index (χ1n) is 13.4. The molecule has 0 spiro atoms. The summed E-state index contributed by atoms with van der Waals surface area (Å²) in [6.45, 7) is 0. The van der Waals surface area contributed by atoms with Crippen molar-refractivity contribution in [2.45, 2.75) is 25.0 Å². The Morgan fingerprint density at radius 3 is 1.95 bits per heavy atom. The van der Waals surface area contributed by atoms with Crippen LogP contribution in [0.5, 0.6) is 46.0 Å². The number of ether oxygens (including phenoxy) is 5. The van der Waals surface area contributed by atoms with Crippen molar-refractivity contribution < 1.29 is 48.6 Å². The third-order valence-electron chi connectivity index (χ3n) is 7.72. The van der Waals surface area contributed by atoms with Crippen molar-refractivity contribution in [1.29, 1.82) is 0 Å². The van der Waals surface area contributed by atoms with Gasteiger partial charge in [0.2, 0.25) is 0 Å².